The van der Waals surface area contributed by atoms with Crippen LogP contribution >= 0.6 is 23.1 Å². The zero-order valence-electron chi connectivity index (χ0n) is 12.8. The first kappa shape index (κ1) is 15.3. The lowest BCUT2D eigenvalue weighted by Gasteiger charge is -2.12. The maximum absolute atomic E-state index is 5.85. The molecule has 2 aromatic heterocycles. The lowest BCUT2D eigenvalue weighted by atomic mass is 10.1. The van der Waals surface area contributed by atoms with Crippen molar-refractivity contribution in [1.82, 2.24) is 10.2 Å². The second-order valence-corrected chi connectivity index (χ2v) is 7.91. The number of rotatable bonds is 5. The Balaban J connectivity index is 1.71. The number of thioether (sulfide) groups is 1. The number of hydrogen-bond acceptors (Lipinski definition) is 5. The molecule has 3 rings (SSSR count). The molecule has 0 fully saturated rings. The lowest BCUT2D eigenvalue weighted by molar-refractivity contribution is 0.509. The van der Waals surface area contributed by atoms with Gasteiger partial charge in [-0.15, -0.1) is 33.3 Å². The SMILES string of the molecule is Cc1ccc(-c2nnc(C(C)SC(C)c3cccs3)o2)cc1. The molecule has 3 aromatic rings. The Morgan fingerprint density at radius 2 is 1.82 bits per heavy atom. The van der Waals surface area contributed by atoms with E-state index < -0.39 is 0 Å². The van der Waals surface area contributed by atoms with Crippen molar-refractivity contribution in [2.75, 3.05) is 0 Å². The molecule has 3 nitrogen and oxygen atoms in total. The molecule has 0 aliphatic heterocycles. The van der Waals surface area contributed by atoms with Crippen molar-refractivity contribution >= 4 is 23.1 Å². The Hall–Kier alpha value is -1.59. The third-order valence-electron chi connectivity index (χ3n) is 3.44. The number of nitrogens with zero attached hydrogens (tertiary/aromatic N) is 2. The zero-order chi connectivity index (χ0) is 15.5. The van der Waals surface area contributed by atoms with Gasteiger partial charge in [-0.25, -0.2) is 0 Å². The van der Waals surface area contributed by atoms with Crippen molar-refractivity contribution in [1.29, 1.82) is 0 Å². The van der Waals surface area contributed by atoms with E-state index in [1.165, 1.54) is 10.4 Å². The minimum Gasteiger partial charge on any atom is -0.420 e. The molecule has 5 heteroatoms. The molecular weight excluding hydrogens is 312 g/mol. The van der Waals surface area contributed by atoms with Crippen LogP contribution in [-0.4, -0.2) is 10.2 Å². The number of hydrogen-bond donors (Lipinski definition) is 0. The third kappa shape index (κ3) is 3.42. The summed E-state index contributed by atoms with van der Waals surface area (Å²) in [6.07, 6.45) is 0. The van der Waals surface area contributed by atoms with E-state index in [1.54, 1.807) is 11.3 Å². The van der Waals surface area contributed by atoms with Gasteiger partial charge >= 0.3 is 0 Å². The fraction of sp³-hybridized carbons (Fsp3) is 0.294. The van der Waals surface area contributed by atoms with E-state index in [4.69, 9.17) is 4.42 Å². The minimum absolute atomic E-state index is 0.170. The summed E-state index contributed by atoms with van der Waals surface area (Å²) in [6.45, 7) is 6.39. The predicted molar refractivity (Wildman–Crippen MR) is 93.2 cm³/mol. The molecule has 0 radical (unpaired) electrons. The van der Waals surface area contributed by atoms with Crippen LogP contribution in [0.2, 0.25) is 0 Å². The van der Waals surface area contributed by atoms with Crippen LogP contribution in [0, 0.1) is 6.92 Å². The zero-order valence-corrected chi connectivity index (χ0v) is 14.4. The maximum atomic E-state index is 5.85. The quantitative estimate of drug-likeness (QED) is 0.605. The number of benzene rings is 1. The summed E-state index contributed by atoms with van der Waals surface area (Å²) in [5.41, 5.74) is 2.19. The average Bonchev–Trinajstić information content (AvgIpc) is 3.20. The van der Waals surface area contributed by atoms with Gasteiger partial charge in [0.15, 0.2) is 0 Å². The molecule has 0 saturated heterocycles. The predicted octanol–water partition coefficient (Wildman–Crippen LogP) is 5.66. The highest BCUT2D eigenvalue weighted by Crippen LogP contribution is 2.41. The normalized spacial score (nSPS) is 14.0. The summed E-state index contributed by atoms with van der Waals surface area (Å²) in [5.74, 6) is 1.27. The van der Waals surface area contributed by atoms with Gasteiger partial charge in [-0.1, -0.05) is 23.8 Å². The monoisotopic (exact) mass is 330 g/mol. The van der Waals surface area contributed by atoms with Gasteiger partial charge in [0.05, 0.1) is 5.25 Å². The molecule has 2 unspecified atom stereocenters. The molecule has 0 amide bonds. The molecule has 0 spiro atoms. The van der Waals surface area contributed by atoms with Crippen LogP contribution in [0.5, 0.6) is 0 Å². The summed E-state index contributed by atoms with van der Waals surface area (Å²) in [5, 5.41) is 11.1. The first-order chi connectivity index (χ1) is 10.6. The molecule has 0 aliphatic rings. The Bertz CT molecular complexity index is 719. The standard InChI is InChI=1S/C17H18N2OS2/c1-11-6-8-14(9-7-11)17-19-18-16(20-17)13(3)22-12(2)15-5-4-10-21-15/h4-10,12-13H,1-3H3. The largest absolute Gasteiger partial charge is 0.420 e. The number of aromatic nitrogens is 2. The van der Waals surface area contributed by atoms with Gasteiger partial charge in [-0.2, -0.15) is 0 Å². The van der Waals surface area contributed by atoms with Crippen LogP contribution in [0.4, 0.5) is 0 Å². The molecule has 1 aromatic carbocycles. The minimum atomic E-state index is 0.170. The highest BCUT2D eigenvalue weighted by molar-refractivity contribution is 7.99. The molecular formula is C17H18N2OS2. The summed E-state index contributed by atoms with van der Waals surface area (Å²) in [7, 11) is 0. The highest BCUT2D eigenvalue weighted by atomic mass is 32.2. The molecule has 2 atom stereocenters. The van der Waals surface area contributed by atoms with Crippen LogP contribution in [0.15, 0.2) is 46.2 Å². The van der Waals surface area contributed by atoms with E-state index in [9.17, 15) is 0 Å². The third-order valence-corrected chi connectivity index (χ3v) is 5.92. The molecule has 22 heavy (non-hydrogen) atoms. The summed E-state index contributed by atoms with van der Waals surface area (Å²) in [4.78, 5) is 1.37. The number of aryl methyl sites for hydroxylation is 1. The van der Waals surface area contributed by atoms with Crippen molar-refractivity contribution < 1.29 is 4.42 Å². The van der Waals surface area contributed by atoms with E-state index in [0.29, 0.717) is 17.0 Å². The van der Waals surface area contributed by atoms with Crippen molar-refractivity contribution in [3.05, 3.63) is 58.1 Å². The van der Waals surface area contributed by atoms with Crippen molar-refractivity contribution in [2.45, 2.75) is 31.3 Å². The Morgan fingerprint density at radius 1 is 1.05 bits per heavy atom. The molecule has 114 valence electrons. The van der Waals surface area contributed by atoms with E-state index in [1.807, 2.05) is 23.9 Å². The smallest absolute Gasteiger partial charge is 0.247 e. The molecule has 0 saturated carbocycles. The van der Waals surface area contributed by atoms with E-state index in [2.05, 4.69) is 60.6 Å². The Kier molecular flexibility index (Phi) is 4.64. The second-order valence-electron chi connectivity index (χ2n) is 5.25. The summed E-state index contributed by atoms with van der Waals surface area (Å²) in [6, 6.07) is 12.4. The van der Waals surface area contributed by atoms with Crippen LogP contribution in [0.3, 0.4) is 0 Å². The van der Waals surface area contributed by atoms with E-state index >= 15 is 0 Å². The first-order valence-corrected chi connectivity index (χ1v) is 9.05. The molecule has 0 aliphatic carbocycles. The number of thiophene rings is 1. The fourth-order valence-corrected chi connectivity index (χ4v) is 4.20. The van der Waals surface area contributed by atoms with Crippen LogP contribution < -0.4 is 0 Å². The van der Waals surface area contributed by atoms with E-state index in [-0.39, 0.29) is 5.25 Å². The van der Waals surface area contributed by atoms with Gasteiger partial charge in [-0.3, -0.25) is 0 Å². The van der Waals surface area contributed by atoms with Gasteiger partial charge in [0.25, 0.3) is 0 Å². The topological polar surface area (TPSA) is 38.9 Å². The van der Waals surface area contributed by atoms with Crippen molar-refractivity contribution in [2.24, 2.45) is 0 Å². The maximum Gasteiger partial charge on any atom is 0.247 e. The summed E-state index contributed by atoms with van der Waals surface area (Å²) >= 11 is 3.62. The van der Waals surface area contributed by atoms with Gasteiger partial charge in [0.1, 0.15) is 0 Å². The van der Waals surface area contributed by atoms with Gasteiger partial charge in [0, 0.05) is 15.7 Å². The van der Waals surface area contributed by atoms with Crippen LogP contribution in [0.1, 0.15) is 40.7 Å². The lowest BCUT2D eigenvalue weighted by Crippen LogP contribution is -1.92. The molecule has 2 heterocycles. The van der Waals surface area contributed by atoms with Gasteiger partial charge in [0.2, 0.25) is 11.8 Å². The Morgan fingerprint density at radius 3 is 2.50 bits per heavy atom. The first-order valence-electron chi connectivity index (χ1n) is 7.23. The second kappa shape index (κ2) is 6.67. The van der Waals surface area contributed by atoms with E-state index in [0.717, 1.165) is 5.56 Å². The summed E-state index contributed by atoms with van der Waals surface area (Å²) < 4.78 is 5.85. The van der Waals surface area contributed by atoms with Gasteiger partial charge in [-0.05, 0) is 44.4 Å². The Labute approximate surface area is 138 Å². The van der Waals surface area contributed by atoms with Gasteiger partial charge < -0.3 is 4.42 Å². The molecule has 0 bridgehead atoms. The highest BCUT2D eigenvalue weighted by Gasteiger charge is 2.19. The van der Waals surface area contributed by atoms with Crippen molar-refractivity contribution in [3.63, 3.8) is 0 Å². The van der Waals surface area contributed by atoms with Crippen molar-refractivity contribution in [3.8, 4) is 11.5 Å². The van der Waals surface area contributed by atoms with Crippen LogP contribution in [-0.2, 0) is 0 Å². The fourth-order valence-electron chi connectivity index (χ4n) is 2.17. The molecule has 0 N–H and O–H groups in total. The van der Waals surface area contributed by atoms with Crippen LogP contribution in [0.25, 0.3) is 11.5 Å². The average molecular weight is 330 g/mol.